The molecule has 0 aliphatic carbocycles. The van der Waals surface area contributed by atoms with Crippen molar-refractivity contribution < 1.29 is 18.3 Å². The van der Waals surface area contributed by atoms with Gasteiger partial charge in [0.15, 0.2) is 0 Å². The van der Waals surface area contributed by atoms with Gasteiger partial charge in [-0.2, -0.15) is 4.31 Å². The molecule has 15 heavy (non-hydrogen) atoms. The molecule has 0 fully saturated rings. The Labute approximate surface area is 92.1 Å². The van der Waals surface area contributed by atoms with Crippen LogP contribution in [0, 0.1) is 5.92 Å². The van der Waals surface area contributed by atoms with Gasteiger partial charge in [-0.1, -0.05) is 13.8 Å². The number of aliphatic hydroxyl groups is 1. The van der Waals surface area contributed by atoms with Crippen molar-refractivity contribution in [1.82, 2.24) is 4.31 Å². The molecule has 0 atom stereocenters. The summed E-state index contributed by atoms with van der Waals surface area (Å²) in [6.45, 7) is 4.74. The van der Waals surface area contributed by atoms with E-state index in [0.717, 1.165) is 0 Å². The molecule has 0 heterocycles. The highest BCUT2D eigenvalue weighted by Gasteiger charge is 2.21. The Morgan fingerprint density at radius 3 is 2.40 bits per heavy atom. The largest absolute Gasteiger partial charge is 0.395 e. The third-order valence-electron chi connectivity index (χ3n) is 1.86. The van der Waals surface area contributed by atoms with Crippen molar-refractivity contribution in [2.45, 2.75) is 13.8 Å². The lowest BCUT2D eigenvalue weighted by molar-refractivity contribution is 0.175. The molecule has 0 aromatic carbocycles. The zero-order valence-corrected chi connectivity index (χ0v) is 10.5. The summed E-state index contributed by atoms with van der Waals surface area (Å²) in [5.74, 6) is 0.0407. The predicted octanol–water partition coefficient (Wildman–Crippen LogP) is -0.0871. The summed E-state index contributed by atoms with van der Waals surface area (Å²) in [6, 6.07) is 0. The van der Waals surface area contributed by atoms with Gasteiger partial charge >= 0.3 is 0 Å². The second kappa shape index (κ2) is 7.16. The summed E-state index contributed by atoms with van der Waals surface area (Å²) in [7, 11) is -1.80. The molecule has 0 aliphatic rings. The monoisotopic (exact) mass is 239 g/mol. The van der Waals surface area contributed by atoms with E-state index in [4.69, 9.17) is 9.84 Å². The molecule has 0 aromatic heterocycles. The van der Waals surface area contributed by atoms with Crippen LogP contribution in [0.2, 0.25) is 0 Å². The first-order chi connectivity index (χ1) is 6.94. The fourth-order valence-corrected chi connectivity index (χ4v) is 2.56. The van der Waals surface area contributed by atoms with Gasteiger partial charge in [0.05, 0.1) is 19.0 Å². The Kier molecular flexibility index (Phi) is 7.08. The first-order valence-corrected chi connectivity index (χ1v) is 6.62. The van der Waals surface area contributed by atoms with Gasteiger partial charge < -0.3 is 9.84 Å². The Morgan fingerprint density at radius 2 is 2.00 bits per heavy atom. The minimum Gasteiger partial charge on any atom is -0.395 e. The third-order valence-corrected chi connectivity index (χ3v) is 3.67. The Balaban J connectivity index is 4.46. The summed E-state index contributed by atoms with van der Waals surface area (Å²) in [5.41, 5.74) is 0. The molecular weight excluding hydrogens is 218 g/mol. The van der Waals surface area contributed by atoms with E-state index in [9.17, 15) is 8.42 Å². The Morgan fingerprint density at radius 1 is 1.40 bits per heavy atom. The summed E-state index contributed by atoms with van der Waals surface area (Å²) in [4.78, 5) is 0. The van der Waals surface area contributed by atoms with Crippen molar-refractivity contribution in [3.63, 3.8) is 0 Å². The molecule has 0 unspecified atom stereocenters. The second-order valence-electron chi connectivity index (χ2n) is 3.78. The molecule has 0 bridgehead atoms. The standard InChI is InChI=1S/C9H21NO4S/c1-9(2)8-10(4-6-14-3)15(12,13)7-5-11/h9,11H,4-8H2,1-3H3. The summed E-state index contributed by atoms with van der Waals surface area (Å²) >= 11 is 0. The first-order valence-electron chi connectivity index (χ1n) is 5.01. The second-order valence-corrected chi connectivity index (χ2v) is 5.87. The van der Waals surface area contributed by atoms with Gasteiger partial charge in [-0.3, -0.25) is 0 Å². The van der Waals surface area contributed by atoms with E-state index >= 15 is 0 Å². The van der Waals surface area contributed by atoms with Crippen LogP contribution >= 0.6 is 0 Å². The van der Waals surface area contributed by atoms with Gasteiger partial charge in [0.2, 0.25) is 10.0 Å². The van der Waals surface area contributed by atoms with Crippen LogP contribution in [0.4, 0.5) is 0 Å². The van der Waals surface area contributed by atoms with Crippen molar-refractivity contribution in [2.24, 2.45) is 5.92 Å². The Hall–Kier alpha value is -0.170. The van der Waals surface area contributed by atoms with Crippen molar-refractivity contribution in [2.75, 3.05) is 39.2 Å². The SMILES string of the molecule is COCCN(CC(C)C)S(=O)(=O)CCO. The van der Waals surface area contributed by atoms with Crippen LogP contribution in [0.1, 0.15) is 13.8 Å². The van der Waals surface area contributed by atoms with Gasteiger partial charge in [0.25, 0.3) is 0 Å². The average molecular weight is 239 g/mol. The smallest absolute Gasteiger partial charge is 0.216 e. The lowest BCUT2D eigenvalue weighted by Crippen LogP contribution is -2.38. The van der Waals surface area contributed by atoms with Crippen LogP contribution in [-0.2, 0) is 14.8 Å². The molecular formula is C9H21NO4S. The number of rotatable bonds is 8. The topological polar surface area (TPSA) is 66.8 Å². The van der Waals surface area contributed by atoms with Crippen molar-refractivity contribution >= 4 is 10.0 Å². The molecule has 0 amide bonds. The summed E-state index contributed by atoms with van der Waals surface area (Å²) in [6.07, 6.45) is 0. The fraction of sp³-hybridized carbons (Fsp3) is 1.00. The van der Waals surface area contributed by atoms with Gasteiger partial charge in [-0.05, 0) is 5.92 Å². The number of methoxy groups -OCH3 is 1. The normalized spacial score (nSPS) is 12.7. The van der Waals surface area contributed by atoms with Crippen LogP contribution in [0.5, 0.6) is 0 Å². The predicted molar refractivity (Wildman–Crippen MR) is 59.2 cm³/mol. The number of aliphatic hydroxyl groups excluding tert-OH is 1. The Bertz CT molecular complexity index is 251. The van der Waals surface area contributed by atoms with E-state index in [2.05, 4.69) is 0 Å². The van der Waals surface area contributed by atoms with E-state index in [1.54, 1.807) is 0 Å². The molecule has 0 aliphatic heterocycles. The third kappa shape index (κ3) is 6.09. The number of hydrogen-bond acceptors (Lipinski definition) is 4. The average Bonchev–Trinajstić information content (AvgIpc) is 2.11. The van der Waals surface area contributed by atoms with Crippen LogP contribution < -0.4 is 0 Å². The molecule has 5 nitrogen and oxygen atoms in total. The highest BCUT2D eigenvalue weighted by molar-refractivity contribution is 7.89. The molecule has 92 valence electrons. The number of sulfonamides is 1. The molecule has 0 radical (unpaired) electrons. The lowest BCUT2D eigenvalue weighted by atomic mass is 10.2. The maximum Gasteiger partial charge on any atom is 0.216 e. The van der Waals surface area contributed by atoms with Crippen LogP contribution in [-0.4, -0.2) is 57.0 Å². The van der Waals surface area contributed by atoms with Crippen LogP contribution in [0.15, 0.2) is 0 Å². The van der Waals surface area contributed by atoms with Crippen molar-refractivity contribution in [1.29, 1.82) is 0 Å². The lowest BCUT2D eigenvalue weighted by Gasteiger charge is -2.23. The number of nitrogens with zero attached hydrogens (tertiary/aromatic N) is 1. The molecule has 0 aromatic rings. The minimum atomic E-state index is -3.34. The number of ether oxygens (including phenoxy) is 1. The van der Waals surface area contributed by atoms with Crippen LogP contribution in [0.25, 0.3) is 0 Å². The molecule has 0 rings (SSSR count). The van der Waals surface area contributed by atoms with Crippen LogP contribution in [0.3, 0.4) is 0 Å². The van der Waals surface area contributed by atoms with E-state index < -0.39 is 10.0 Å². The summed E-state index contributed by atoms with van der Waals surface area (Å²) in [5, 5.41) is 8.67. The quantitative estimate of drug-likeness (QED) is 0.643. The fourth-order valence-electron chi connectivity index (χ4n) is 1.19. The van der Waals surface area contributed by atoms with Crippen molar-refractivity contribution in [3.05, 3.63) is 0 Å². The minimum absolute atomic E-state index is 0.219. The molecule has 0 saturated carbocycles. The highest BCUT2D eigenvalue weighted by atomic mass is 32.2. The summed E-state index contributed by atoms with van der Waals surface area (Å²) < 4.78 is 29.6. The maximum absolute atomic E-state index is 11.7. The van der Waals surface area contributed by atoms with Gasteiger partial charge in [-0.25, -0.2) is 8.42 Å². The zero-order valence-electron chi connectivity index (χ0n) is 9.64. The molecule has 0 spiro atoms. The first kappa shape index (κ1) is 14.8. The van der Waals surface area contributed by atoms with Gasteiger partial charge in [-0.15, -0.1) is 0 Å². The van der Waals surface area contributed by atoms with E-state index in [0.29, 0.717) is 19.7 Å². The van der Waals surface area contributed by atoms with E-state index in [-0.39, 0.29) is 18.3 Å². The van der Waals surface area contributed by atoms with Gasteiger partial charge in [0, 0.05) is 20.2 Å². The van der Waals surface area contributed by atoms with Crippen molar-refractivity contribution in [3.8, 4) is 0 Å². The number of hydrogen-bond donors (Lipinski definition) is 1. The molecule has 0 saturated heterocycles. The molecule has 6 heteroatoms. The molecule has 1 N–H and O–H groups in total. The zero-order chi connectivity index (χ0) is 11.9. The highest BCUT2D eigenvalue weighted by Crippen LogP contribution is 2.06. The van der Waals surface area contributed by atoms with Gasteiger partial charge in [0.1, 0.15) is 0 Å². The maximum atomic E-state index is 11.7. The van der Waals surface area contributed by atoms with E-state index in [1.807, 2.05) is 13.8 Å². The van der Waals surface area contributed by atoms with E-state index in [1.165, 1.54) is 11.4 Å².